The van der Waals surface area contributed by atoms with Crippen LogP contribution in [0.5, 0.6) is 0 Å². The molecule has 0 saturated heterocycles. The summed E-state index contributed by atoms with van der Waals surface area (Å²) in [5.74, 6) is 0.905. The molecule has 1 heterocycles. The van der Waals surface area contributed by atoms with Crippen molar-refractivity contribution >= 4 is 17.4 Å². The molecule has 5 heteroatoms. The van der Waals surface area contributed by atoms with E-state index in [9.17, 15) is 0 Å². The Labute approximate surface area is 107 Å². The third-order valence-electron chi connectivity index (χ3n) is 3.63. The fourth-order valence-corrected chi connectivity index (χ4v) is 2.54. The topological polar surface area (TPSA) is 41.0 Å². The van der Waals surface area contributed by atoms with Gasteiger partial charge in [0.25, 0.3) is 0 Å². The predicted molar refractivity (Wildman–Crippen MR) is 70.5 cm³/mol. The highest BCUT2D eigenvalue weighted by molar-refractivity contribution is 6.29. The molecule has 0 aromatic carbocycles. The van der Waals surface area contributed by atoms with Gasteiger partial charge < -0.3 is 10.2 Å². The standard InChI is InChI=1S/C12H19ClN4/c1-14-9-3-5-10(6-4-9)17(2)12-8-7-11(13)15-16-12/h7-10,14H,3-6H2,1-2H3. The lowest BCUT2D eigenvalue weighted by Crippen LogP contribution is -2.40. The third kappa shape index (κ3) is 3.07. The molecular formula is C12H19ClN4. The van der Waals surface area contributed by atoms with Crippen LogP contribution in [0.3, 0.4) is 0 Å². The maximum Gasteiger partial charge on any atom is 0.151 e. The Morgan fingerprint density at radius 2 is 1.94 bits per heavy atom. The van der Waals surface area contributed by atoms with Gasteiger partial charge in [0.1, 0.15) is 0 Å². The number of hydrogen-bond acceptors (Lipinski definition) is 4. The van der Waals surface area contributed by atoms with Gasteiger partial charge in [0, 0.05) is 19.1 Å². The second-order valence-corrected chi connectivity index (χ2v) is 5.01. The van der Waals surface area contributed by atoms with Gasteiger partial charge in [0.15, 0.2) is 11.0 Å². The summed E-state index contributed by atoms with van der Waals surface area (Å²) in [6, 6.07) is 4.96. The van der Waals surface area contributed by atoms with E-state index < -0.39 is 0 Å². The molecule has 1 aliphatic carbocycles. The van der Waals surface area contributed by atoms with Crippen molar-refractivity contribution in [2.45, 2.75) is 37.8 Å². The summed E-state index contributed by atoms with van der Waals surface area (Å²) in [6.07, 6.45) is 4.86. The molecule has 4 nitrogen and oxygen atoms in total. The molecule has 1 aromatic rings. The zero-order chi connectivity index (χ0) is 12.3. The lowest BCUT2D eigenvalue weighted by Gasteiger charge is -2.35. The van der Waals surface area contributed by atoms with E-state index >= 15 is 0 Å². The van der Waals surface area contributed by atoms with Crippen molar-refractivity contribution in [3.05, 3.63) is 17.3 Å². The number of nitrogens with one attached hydrogen (secondary N) is 1. The zero-order valence-electron chi connectivity index (χ0n) is 10.4. The van der Waals surface area contributed by atoms with E-state index in [1.165, 1.54) is 25.7 Å². The monoisotopic (exact) mass is 254 g/mol. The second kappa shape index (κ2) is 5.65. The van der Waals surface area contributed by atoms with Gasteiger partial charge in [-0.3, -0.25) is 0 Å². The van der Waals surface area contributed by atoms with Gasteiger partial charge in [-0.15, -0.1) is 10.2 Å². The normalized spacial score (nSPS) is 24.6. The van der Waals surface area contributed by atoms with Gasteiger partial charge in [-0.1, -0.05) is 11.6 Å². The van der Waals surface area contributed by atoms with Crippen molar-refractivity contribution in [3.8, 4) is 0 Å². The average molecular weight is 255 g/mol. The van der Waals surface area contributed by atoms with Crippen molar-refractivity contribution in [3.63, 3.8) is 0 Å². The summed E-state index contributed by atoms with van der Waals surface area (Å²) >= 11 is 5.74. The molecule has 1 aromatic heterocycles. The average Bonchev–Trinajstić information content (AvgIpc) is 2.39. The van der Waals surface area contributed by atoms with Crippen molar-refractivity contribution in [2.75, 3.05) is 19.0 Å². The Kier molecular flexibility index (Phi) is 4.18. The fourth-order valence-electron chi connectivity index (χ4n) is 2.44. The van der Waals surface area contributed by atoms with Crippen molar-refractivity contribution in [1.29, 1.82) is 0 Å². The number of rotatable bonds is 3. The van der Waals surface area contributed by atoms with Crippen LogP contribution in [0.1, 0.15) is 25.7 Å². The maximum atomic E-state index is 5.74. The first kappa shape index (κ1) is 12.6. The minimum atomic E-state index is 0.445. The van der Waals surface area contributed by atoms with Crippen LogP contribution < -0.4 is 10.2 Å². The van der Waals surface area contributed by atoms with E-state index in [4.69, 9.17) is 11.6 Å². The van der Waals surface area contributed by atoms with E-state index in [1.807, 2.05) is 13.1 Å². The predicted octanol–water partition coefficient (Wildman–Crippen LogP) is 2.10. The lowest BCUT2D eigenvalue weighted by molar-refractivity contribution is 0.350. The molecular weight excluding hydrogens is 236 g/mol. The van der Waals surface area contributed by atoms with Crippen LogP contribution in [0.25, 0.3) is 0 Å². The van der Waals surface area contributed by atoms with E-state index in [0.717, 1.165) is 5.82 Å². The first-order valence-corrected chi connectivity index (χ1v) is 6.48. The maximum absolute atomic E-state index is 5.74. The van der Waals surface area contributed by atoms with Gasteiger partial charge >= 0.3 is 0 Å². The Morgan fingerprint density at radius 1 is 1.24 bits per heavy atom. The number of halogens is 1. The quantitative estimate of drug-likeness (QED) is 0.897. The molecule has 0 radical (unpaired) electrons. The number of hydrogen-bond donors (Lipinski definition) is 1. The largest absolute Gasteiger partial charge is 0.355 e. The van der Waals surface area contributed by atoms with Gasteiger partial charge in [-0.05, 0) is 44.9 Å². The second-order valence-electron chi connectivity index (χ2n) is 4.62. The molecule has 0 bridgehead atoms. The molecule has 0 amide bonds. The summed E-state index contributed by atoms with van der Waals surface area (Å²) in [6.45, 7) is 0. The molecule has 0 atom stereocenters. The minimum Gasteiger partial charge on any atom is -0.355 e. The zero-order valence-corrected chi connectivity index (χ0v) is 11.1. The molecule has 0 aliphatic heterocycles. The molecule has 1 N–H and O–H groups in total. The van der Waals surface area contributed by atoms with Crippen molar-refractivity contribution < 1.29 is 0 Å². The van der Waals surface area contributed by atoms with Crippen LogP contribution in [-0.2, 0) is 0 Å². The summed E-state index contributed by atoms with van der Waals surface area (Å²) < 4.78 is 0. The molecule has 1 fully saturated rings. The van der Waals surface area contributed by atoms with E-state index in [0.29, 0.717) is 17.2 Å². The highest BCUT2D eigenvalue weighted by Gasteiger charge is 2.23. The Hall–Kier alpha value is -0.870. The highest BCUT2D eigenvalue weighted by Crippen LogP contribution is 2.25. The minimum absolute atomic E-state index is 0.445. The Morgan fingerprint density at radius 3 is 2.47 bits per heavy atom. The number of nitrogens with zero attached hydrogens (tertiary/aromatic N) is 3. The summed E-state index contributed by atoms with van der Waals surface area (Å²) in [5.41, 5.74) is 0. The Bertz CT molecular complexity index is 346. The highest BCUT2D eigenvalue weighted by atomic mass is 35.5. The Balaban J connectivity index is 1.96. The summed E-state index contributed by atoms with van der Waals surface area (Å²) in [5, 5.41) is 11.8. The van der Waals surface area contributed by atoms with Crippen LogP contribution >= 0.6 is 11.6 Å². The van der Waals surface area contributed by atoms with Crippen LogP contribution in [-0.4, -0.2) is 36.4 Å². The fraction of sp³-hybridized carbons (Fsp3) is 0.667. The van der Waals surface area contributed by atoms with Gasteiger partial charge in [-0.25, -0.2) is 0 Å². The van der Waals surface area contributed by atoms with Gasteiger partial charge in [0.2, 0.25) is 0 Å². The van der Waals surface area contributed by atoms with E-state index in [2.05, 4.69) is 27.5 Å². The molecule has 0 spiro atoms. The van der Waals surface area contributed by atoms with Crippen LogP contribution in [0.15, 0.2) is 12.1 Å². The number of aromatic nitrogens is 2. The molecule has 17 heavy (non-hydrogen) atoms. The summed E-state index contributed by atoms with van der Waals surface area (Å²) in [4.78, 5) is 2.22. The van der Waals surface area contributed by atoms with Crippen LogP contribution in [0.4, 0.5) is 5.82 Å². The summed E-state index contributed by atoms with van der Waals surface area (Å²) in [7, 11) is 4.13. The van der Waals surface area contributed by atoms with Crippen LogP contribution in [0.2, 0.25) is 5.15 Å². The molecule has 1 saturated carbocycles. The first-order chi connectivity index (χ1) is 8.20. The van der Waals surface area contributed by atoms with E-state index in [1.54, 1.807) is 6.07 Å². The first-order valence-electron chi connectivity index (χ1n) is 6.10. The van der Waals surface area contributed by atoms with E-state index in [-0.39, 0.29) is 0 Å². The molecule has 1 aliphatic rings. The van der Waals surface area contributed by atoms with Crippen LogP contribution in [0, 0.1) is 0 Å². The van der Waals surface area contributed by atoms with Crippen molar-refractivity contribution in [1.82, 2.24) is 15.5 Å². The van der Waals surface area contributed by atoms with Crippen molar-refractivity contribution in [2.24, 2.45) is 0 Å². The molecule has 94 valence electrons. The molecule has 2 rings (SSSR count). The van der Waals surface area contributed by atoms with Gasteiger partial charge in [0.05, 0.1) is 0 Å². The lowest BCUT2D eigenvalue weighted by atomic mass is 9.90. The molecule has 0 unspecified atom stereocenters. The smallest absolute Gasteiger partial charge is 0.151 e. The number of anilines is 1. The third-order valence-corrected chi connectivity index (χ3v) is 3.83. The van der Waals surface area contributed by atoms with Gasteiger partial charge in [-0.2, -0.15) is 0 Å². The SMILES string of the molecule is CNC1CCC(N(C)c2ccc(Cl)nn2)CC1.